The smallest absolute Gasteiger partial charge is 0.228 e. The summed E-state index contributed by atoms with van der Waals surface area (Å²) in [6, 6.07) is 19.5. The minimum atomic E-state index is 0.405. The van der Waals surface area contributed by atoms with Crippen LogP contribution in [0.2, 0.25) is 0 Å². The molecule has 0 atom stereocenters. The number of aromatic amines is 1. The van der Waals surface area contributed by atoms with Gasteiger partial charge in [0.25, 0.3) is 0 Å². The third-order valence-corrected chi connectivity index (χ3v) is 3.62. The summed E-state index contributed by atoms with van der Waals surface area (Å²) in [5.74, 6) is 1.22. The normalized spacial score (nSPS) is 10.9. The number of fused-ring (bicyclic) bond motifs is 1. The van der Waals surface area contributed by atoms with Gasteiger partial charge >= 0.3 is 0 Å². The van der Waals surface area contributed by atoms with Crippen LogP contribution in [-0.2, 0) is 0 Å². The van der Waals surface area contributed by atoms with Crippen molar-refractivity contribution in [2.24, 2.45) is 0 Å². The summed E-state index contributed by atoms with van der Waals surface area (Å²) >= 11 is 5.34. The second-order valence-electron chi connectivity index (χ2n) is 4.82. The zero-order chi connectivity index (χ0) is 14.9. The molecule has 22 heavy (non-hydrogen) atoms. The van der Waals surface area contributed by atoms with Gasteiger partial charge in [-0.3, -0.25) is 0 Å². The van der Waals surface area contributed by atoms with E-state index in [4.69, 9.17) is 16.6 Å². The van der Waals surface area contributed by atoms with Gasteiger partial charge in [0.05, 0.1) is 0 Å². The van der Waals surface area contributed by atoms with Crippen LogP contribution in [0.4, 0.5) is 0 Å². The molecular formula is C17H11N3OS. The fourth-order valence-corrected chi connectivity index (χ4v) is 2.51. The molecule has 0 amide bonds. The average molecular weight is 305 g/mol. The van der Waals surface area contributed by atoms with Crippen LogP contribution in [0.5, 0.6) is 0 Å². The van der Waals surface area contributed by atoms with E-state index in [1.165, 1.54) is 0 Å². The van der Waals surface area contributed by atoms with E-state index in [-0.39, 0.29) is 0 Å². The van der Waals surface area contributed by atoms with Crippen LogP contribution in [0.3, 0.4) is 0 Å². The maximum atomic E-state index is 5.77. The van der Waals surface area contributed by atoms with Gasteiger partial charge in [0.15, 0.2) is 10.3 Å². The highest BCUT2D eigenvalue weighted by Gasteiger charge is 2.12. The number of benzene rings is 2. The van der Waals surface area contributed by atoms with Gasteiger partial charge in [-0.15, -0.1) is 0 Å². The number of oxazole rings is 1. The van der Waals surface area contributed by atoms with E-state index in [1.54, 1.807) is 0 Å². The van der Waals surface area contributed by atoms with Gasteiger partial charge in [0.1, 0.15) is 5.82 Å². The summed E-state index contributed by atoms with van der Waals surface area (Å²) < 4.78 is 6.17. The lowest BCUT2D eigenvalue weighted by Gasteiger charge is -1.99. The van der Waals surface area contributed by atoms with E-state index in [9.17, 15) is 0 Å². The van der Waals surface area contributed by atoms with Crippen LogP contribution in [0.15, 0.2) is 65.1 Å². The van der Waals surface area contributed by atoms with Gasteiger partial charge in [0, 0.05) is 11.1 Å². The van der Waals surface area contributed by atoms with Crippen molar-refractivity contribution < 1.29 is 4.42 Å². The fraction of sp³-hybridized carbons (Fsp3) is 0. The van der Waals surface area contributed by atoms with Gasteiger partial charge in [-0.1, -0.05) is 60.7 Å². The molecule has 0 unspecified atom stereocenters. The highest BCUT2D eigenvalue weighted by Crippen LogP contribution is 2.25. The first-order valence-corrected chi connectivity index (χ1v) is 7.24. The van der Waals surface area contributed by atoms with E-state index >= 15 is 0 Å². The Balaban J connectivity index is 1.91. The number of hydrogen-bond acceptors (Lipinski definition) is 4. The fourth-order valence-electron chi connectivity index (χ4n) is 2.28. The monoisotopic (exact) mass is 305 g/mol. The zero-order valence-electron chi connectivity index (χ0n) is 11.5. The predicted molar refractivity (Wildman–Crippen MR) is 87.9 cm³/mol. The average Bonchev–Trinajstić information content (AvgIpc) is 3.01. The van der Waals surface area contributed by atoms with Crippen LogP contribution in [0.25, 0.3) is 34.1 Å². The van der Waals surface area contributed by atoms with Crippen LogP contribution < -0.4 is 0 Å². The molecule has 0 aliphatic rings. The lowest BCUT2D eigenvalue weighted by molar-refractivity contribution is 0.617. The van der Waals surface area contributed by atoms with E-state index in [0.717, 1.165) is 11.1 Å². The minimum absolute atomic E-state index is 0.405. The predicted octanol–water partition coefficient (Wildman–Crippen LogP) is 4.61. The van der Waals surface area contributed by atoms with Crippen LogP contribution in [0, 0.1) is 4.64 Å². The highest BCUT2D eigenvalue weighted by atomic mass is 32.1. The lowest BCUT2D eigenvalue weighted by Crippen LogP contribution is -1.90. The number of H-pyrrole nitrogens is 1. The Bertz CT molecular complexity index is 991. The summed E-state index contributed by atoms with van der Waals surface area (Å²) in [6.07, 6.45) is 0. The van der Waals surface area contributed by atoms with Gasteiger partial charge in [-0.25, -0.2) is 4.98 Å². The molecule has 2 aromatic heterocycles. The molecule has 0 aliphatic heterocycles. The highest BCUT2D eigenvalue weighted by molar-refractivity contribution is 7.71. The molecule has 5 heteroatoms. The van der Waals surface area contributed by atoms with Gasteiger partial charge in [-0.05, 0) is 12.1 Å². The standard InChI is InChI=1S/C17H11N3OS/c22-17-13-15(18-14(20-17)11-7-3-1-4-8-11)19-16(21-13)12-9-5-2-6-10-12/h1-10H,(H,18,20,22). The van der Waals surface area contributed by atoms with Crippen molar-refractivity contribution in [3.8, 4) is 22.8 Å². The third kappa shape index (κ3) is 2.21. The van der Waals surface area contributed by atoms with E-state index in [0.29, 0.717) is 27.6 Å². The zero-order valence-corrected chi connectivity index (χ0v) is 12.3. The number of hydrogen-bond donors (Lipinski definition) is 1. The van der Waals surface area contributed by atoms with E-state index < -0.39 is 0 Å². The molecule has 2 aromatic carbocycles. The Morgan fingerprint density at radius 2 is 1.45 bits per heavy atom. The summed E-state index contributed by atoms with van der Waals surface area (Å²) in [6.45, 7) is 0. The van der Waals surface area contributed by atoms with Crippen molar-refractivity contribution in [3.05, 3.63) is 65.3 Å². The van der Waals surface area contributed by atoms with Crippen molar-refractivity contribution >= 4 is 23.4 Å². The van der Waals surface area contributed by atoms with Gasteiger partial charge in [-0.2, -0.15) is 4.98 Å². The first-order chi connectivity index (χ1) is 10.8. The molecule has 0 saturated heterocycles. The molecule has 0 fully saturated rings. The largest absolute Gasteiger partial charge is 0.431 e. The number of nitrogens with zero attached hydrogens (tertiary/aromatic N) is 2. The first kappa shape index (κ1) is 12.9. The maximum Gasteiger partial charge on any atom is 0.228 e. The lowest BCUT2D eigenvalue weighted by atomic mass is 10.2. The summed E-state index contributed by atoms with van der Waals surface area (Å²) in [5, 5.41) is 0. The summed E-state index contributed by atoms with van der Waals surface area (Å²) in [4.78, 5) is 12.1. The molecule has 4 aromatic rings. The Morgan fingerprint density at radius 3 is 2.14 bits per heavy atom. The van der Waals surface area contributed by atoms with Crippen LogP contribution in [-0.4, -0.2) is 15.0 Å². The van der Waals surface area contributed by atoms with Crippen molar-refractivity contribution in [1.29, 1.82) is 0 Å². The van der Waals surface area contributed by atoms with Crippen LogP contribution >= 0.6 is 12.2 Å². The molecule has 0 spiro atoms. The second-order valence-corrected chi connectivity index (χ2v) is 5.21. The molecule has 4 nitrogen and oxygen atoms in total. The first-order valence-electron chi connectivity index (χ1n) is 6.83. The topological polar surface area (TPSA) is 54.7 Å². The molecule has 0 saturated carbocycles. The Kier molecular flexibility index (Phi) is 3.05. The molecule has 2 heterocycles. The SMILES string of the molecule is S=c1nc(-c2ccccc2)[nH]c2nc(-c3ccccc3)oc12. The maximum absolute atomic E-state index is 5.77. The second kappa shape index (κ2) is 5.20. The van der Waals surface area contributed by atoms with Crippen molar-refractivity contribution in [2.75, 3.05) is 0 Å². The quantitative estimate of drug-likeness (QED) is 0.549. The number of rotatable bonds is 2. The van der Waals surface area contributed by atoms with E-state index in [2.05, 4.69) is 15.0 Å². The van der Waals surface area contributed by atoms with Crippen molar-refractivity contribution in [1.82, 2.24) is 15.0 Å². The third-order valence-electron chi connectivity index (χ3n) is 3.34. The number of nitrogens with one attached hydrogen (secondary N) is 1. The summed E-state index contributed by atoms with van der Waals surface area (Å²) in [5.41, 5.74) is 2.98. The Hall–Kier alpha value is -2.79. The molecule has 1 N–H and O–H groups in total. The summed E-state index contributed by atoms with van der Waals surface area (Å²) in [7, 11) is 0. The van der Waals surface area contributed by atoms with Gasteiger partial charge < -0.3 is 9.40 Å². The Morgan fingerprint density at radius 1 is 0.818 bits per heavy atom. The molecule has 0 bridgehead atoms. The van der Waals surface area contributed by atoms with Crippen LogP contribution in [0.1, 0.15) is 0 Å². The minimum Gasteiger partial charge on any atom is -0.431 e. The molecular weight excluding hydrogens is 294 g/mol. The van der Waals surface area contributed by atoms with E-state index in [1.807, 2.05) is 60.7 Å². The molecule has 0 aliphatic carbocycles. The number of aromatic nitrogens is 3. The van der Waals surface area contributed by atoms with Crippen molar-refractivity contribution in [2.45, 2.75) is 0 Å². The van der Waals surface area contributed by atoms with Crippen molar-refractivity contribution in [3.63, 3.8) is 0 Å². The Labute approximate surface area is 131 Å². The molecule has 0 radical (unpaired) electrons. The molecule has 4 rings (SSSR count). The molecule has 106 valence electrons. The van der Waals surface area contributed by atoms with Gasteiger partial charge in [0.2, 0.25) is 11.5 Å².